The summed E-state index contributed by atoms with van der Waals surface area (Å²) in [6.45, 7) is 7.35. The van der Waals surface area contributed by atoms with Gasteiger partial charge in [0.15, 0.2) is 0 Å². The van der Waals surface area contributed by atoms with E-state index in [2.05, 4.69) is 13.5 Å². The Bertz CT molecular complexity index is 323. The fourth-order valence-electron chi connectivity index (χ4n) is 3.43. The van der Waals surface area contributed by atoms with Crippen molar-refractivity contribution in [3.05, 3.63) is 12.2 Å². The van der Waals surface area contributed by atoms with Crippen molar-refractivity contribution in [3.8, 4) is 0 Å². The molecular weight excluding hydrogens is 216 g/mol. The molecule has 0 aromatic rings. The Labute approximate surface area is 103 Å². The van der Waals surface area contributed by atoms with E-state index in [4.69, 9.17) is 9.47 Å². The van der Waals surface area contributed by atoms with Gasteiger partial charge in [0, 0.05) is 26.1 Å². The predicted molar refractivity (Wildman–Crippen MR) is 65.5 cm³/mol. The molecule has 2 saturated carbocycles. The van der Waals surface area contributed by atoms with Crippen LogP contribution in [0.5, 0.6) is 0 Å². The number of hydrogen-bond donors (Lipinski definition) is 0. The fraction of sp³-hybridized carbons (Fsp3) is 0.786. The van der Waals surface area contributed by atoms with Crippen molar-refractivity contribution < 1.29 is 14.3 Å². The van der Waals surface area contributed by atoms with E-state index >= 15 is 0 Å². The second-order valence-corrected chi connectivity index (χ2v) is 5.59. The van der Waals surface area contributed by atoms with Crippen LogP contribution in [0.25, 0.3) is 0 Å². The van der Waals surface area contributed by atoms with Crippen molar-refractivity contribution in [3.63, 3.8) is 0 Å². The summed E-state index contributed by atoms with van der Waals surface area (Å²) in [6, 6.07) is 0. The molecule has 2 aliphatic rings. The normalized spacial score (nSPS) is 36.6. The Morgan fingerprint density at radius 1 is 1.53 bits per heavy atom. The summed E-state index contributed by atoms with van der Waals surface area (Å²) in [6.07, 6.45) is 3.72. The second-order valence-electron chi connectivity index (χ2n) is 5.59. The smallest absolute Gasteiger partial charge is 0.146 e. The molecule has 2 fully saturated rings. The highest BCUT2D eigenvalue weighted by Crippen LogP contribution is 2.56. The molecule has 2 rings (SSSR count). The molecule has 0 amide bonds. The van der Waals surface area contributed by atoms with Crippen LogP contribution in [0.2, 0.25) is 0 Å². The van der Waals surface area contributed by atoms with Gasteiger partial charge in [-0.25, -0.2) is 0 Å². The lowest BCUT2D eigenvalue weighted by molar-refractivity contribution is -0.127. The van der Waals surface area contributed by atoms with Gasteiger partial charge in [-0.3, -0.25) is 4.79 Å². The van der Waals surface area contributed by atoms with Crippen LogP contribution in [0, 0.1) is 17.3 Å². The van der Waals surface area contributed by atoms with Gasteiger partial charge in [0.1, 0.15) is 12.6 Å². The molecular formula is C14H22O3. The van der Waals surface area contributed by atoms with Crippen LogP contribution in [0.15, 0.2) is 12.2 Å². The standard InChI is InChI=1S/C14H22O3/c1-10-7-14(4-5-17-9-16-3)8-12(10)13(15)6-11(14)2/h11-12H,1,4-9H2,2-3H3/t11-,12-,14-/m0/s1. The van der Waals surface area contributed by atoms with Crippen molar-refractivity contribution in [2.45, 2.75) is 32.6 Å². The molecule has 3 nitrogen and oxygen atoms in total. The number of Topliss-reactive ketones (excluding diaryl/α,β-unsaturated/α-hetero) is 1. The SMILES string of the molecule is C=C1C[C@@]2(CCOCOC)C[C@@H]1C(=O)C[C@@H]2C. The number of fused-ring (bicyclic) bond motifs is 2. The van der Waals surface area contributed by atoms with Crippen molar-refractivity contribution in [1.82, 2.24) is 0 Å². The van der Waals surface area contributed by atoms with E-state index in [1.807, 2.05) is 0 Å². The zero-order valence-electron chi connectivity index (χ0n) is 10.8. The summed E-state index contributed by atoms with van der Waals surface area (Å²) < 4.78 is 10.3. The van der Waals surface area contributed by atoms with E-state index in [1.54, 1.807) is 7.11 Å². The molecule has 3 heteroatoms. The molecule has 0 radical (unpaired) electrons. The number of rotatable bonds is 5. The van der Waals surface area contributed by atoms with Crippen LogP contribution >= 0.6 is 0 Å². The predicted octanol–water partition coefficient (Wildman–Crippen LogP) is 2.56. The lowest BCUT2D eigenvalue weighted by Gasteiger charge is -2.38. The molecule has 0 unspecified atom stereocenters. The molecule has 2 aliphatic carbocycles. The number of allylic oxidation sites excluding steroid dienone is 1. The van der Waals surface area contributed by atoms with Gasteiger partial charge in [0.25, 0.3) is 0 Å². The molecule has 0 heterocycles. The Hall–Kier alpha value is -0.670. The van der Waals surface area contributed by atoms with Crippen LogP contribution in [0.1, 0.15) is 32.6 Å². The van der Waals surface area contributed by atoms with Gasteiger partial charge in [-0.05, 0) is 30.6 Å². The lowest BCUT2D eigenvalue weighted by atomic mass is 9.66. The summed E-state index contributed by atoms with van der Waals surface area (Å²) in [5.74, 6) is 0.985. The Morgan fingerprint density at radius 2 is 2.29 bits per heavy atom. The Kier molecular flexibility index (Phi) is 3.69. The maximum absolute atomic E-state index is 11.9. The third-order valence-electron chi connectivity index (χ3n) is 4.57. The molecule has 0 N–H and O–H groups in total. The topological polar surface area (TPSA) is 35.5 Å². The van der Waals surface area contributed by atoms with Crippen LogP contribution in [0.4, 0.5) is 0 Å². The van der Waals surface area contributed by atoms with Gasteiger partial charge >= 0.3 is 0 Å². The molecule has 0 aromatic heterocycles. The lowest BCUT2D eigenvalue weighted by Crippen LogP contribution is -2.35. The first-order valence-corrected chi connectivity index (χ1v) is 6.36. The number of hydrogen-bond acceptors (Lipinski definition) is 3. The molecule has 96 valence electrons. The van der Waals surface area contributed by atoms with Gasteiger partial charge in [-0.2, -0.15) is 0 Å². The zero-order valence-corrected chi connectivity index (χ0v) is 10.8. The first-order valence-electron chi connectivity index (χ1n) is 6.36. The minimum atomic E-state index is 0.133. The first-order chi connectivity index (χ1) is 8.09. The molecule has 3 atom stereocenters. The quantitative estimate of drug-likeness (QED) is 0.419. The molecule has 0 saturated heterocycles. The van der Waals surface area contributed by atoms with E-state index < -0.39 is 0 Å². The highest BCUT2D eigenvalue weighted by atomic mass is 16.7. The van der Waals surface area contributed by atoms with Gasteiger partial charge in [0.05, 0.1) is 0 Å². The largest absolute Gasteiger partial charge is 0.359 e. The molecule has 17 heavy (non-hydrogen) atoms. The second kappa shape index (κ2) is 4.91. The monoisotopic (exact) mass is 238 g/mol. The minimum Gasteiger partial charge on any atom is -0.359 e. The summed E-state index contributed by atoms with van der Waals surface area (Å²) in [7, 11) is 1.63. The van der Waals surface area contributed by atoms with Crippen LogP contribution in [-0.4, -0.2) is 26.3 Å². The Balaban J connectivity index is 1.99. The molecule has 0 spiro atoms. The number of methoxy groups -OCH3 is 1. The number of ether oxygens (including phenoxy) is 2. The maximum Gasteiger partial charge on any atom is 0.146 e. The molecule has 2 bridgehead atoms. The van der Waals surface area contributed by atoms with Crippen molar-refractivity contribution in [2.75, 3.05) is 20.5 Å². The Morgan fingerprint density at radius 3 is 3.00 bits per heavy atom. The zero-order chi connectivity index (χ0) is 12.5. The maximum atomic E-state index is 11.9. The van der Waals surface area contributed by atoms with Crippen LogP contribution < -0.4 is 0 Å². The highest BCUT2D eigenvalue weighted by Gasteiger charge is 2.51. The minimum absolute atomic E-state index is 0.133. The number of carbonyl (C=O) groups is 1. The average Bonchev–Trinajstić information content (AvgIpc) is 2.59. The number of carbonyl (C=O) groups excluding carboxylic acids is 1. The van der Waals surface area contributed by atoms with Crippen molar-refractivity contribution in [2.24, 2.45) is 17.3 Å². The first kappa shape index (κ1) is 12.8. The average molecular weight is 238 g/mol. The van der Waals surface area contributed by atoms with Crippen LogP contribution in [0.3, 0.4) is 0 Å². The van der Waals surface area contributed by atoms with E-state index in [9.17, 15) is 4.79 Å². The van der Waals surface area contributed by atoms with E-state index in [0.717, 1.165) is 24.8 Å². The third kappa shape index (κ3) is 2.31. The molecule has 0 aliphatic heterocycles. The fourth-order valence-corrected chi connectivity index (χ4v) is 3.43. The van der Waals surface area contributed by atoms with Gasteiger partial charge in [-0.15, -0.1) is 0 Å². The summed E-state index contributed by atoms with van der Waals surface area (Å²) in [5.41, 5.74) is 1.40. The van der Waals surface area contributed by atoms with Crippen molar-refractivity contribution in [1.29, 1.82) is 0 Å². The molecule has 0 aromatic carbocycles. The van der Waals surface area contributed by atoms with Gasteiger partial charge in [-0.1, -0.05) is 19.1 Å². The van der Waals surface area contributed by atoms with Crippen LogP contribution in [-0.2, 0) is 14.3 Å². The number of ketones is 1. The van der Waals surface area contributed by atoms with E-state index in [-0.39, 0.29) is 11.3 Å². The summed E-state index contributed by atoms with van der Waals surface area (Å²) in [4.78, 5) is 11.9. The van der Waals surface area contributed by atoms with E-state index in [1.165, 1.54) is 0 Å². The van der Waals surface area contributed by atoms with Gasteiger partial charge < -0.3 is 9.47 Å². The van der Waals surface area contributed by atoms with Gasteiger partial charge in [0.2, 0.25) is 0 Å². The van der Waals surface area contributed by atoms with Crippen molar-refractivity contribution >= 4 is 5.78 Å². The summed E-state index contributed by atoms with van der Waals surface area (Å²) in [5, 5.41) is 0. The summed E-state index contributed by atoms with van der Waals surface area (Å²) >= 11 is 0. The highest BCUT2D eigenvalue weighted by molar-refractivity contribution is 5.86. The van der Waals surface area contributed by atoms with E-state index in [0.29, 0.717) is 31.5 Å². The third-order valence-corrected chi connectivity index (χ3v) is 4.57.